The van der Waals surface area contributed by atoms with Crippen molar-refractivity contribution in [2.45, 2.75) is 64.1 Å². The molecule has 0 bridgehead atoms. The van der Waals surface area contributed by atoms with Crippen LogP contribution in [0.15, 0.2) is 36.4 Å². The first-order valence-electron chi connectivity index (χ1n) is 11.5. The summed E-state index contributed by atoms with van der Waals surface area (Å²) in [5.74, 6) is -0.760. The predicted molar refractivity (Wildman–Crippen MR) is 120 cm³/mol. The van der Waals surface area contributed by atoms with Gasteiger partial charge in [0.25, 0.3) is 11.8 Å². The lowest BCUT2D eigenvalue weighted by atomic mass is 9.94. The molecule has 8 heteroatoms. The molecule has 2 N–H and O–H groups in total. The van der Waals surface area contributed by atoms with Crippen LogP contribution in [-0.4, -0.2) is 57.1 Å². The summed E-state index contributed by atoms with van der Waals surface area (Å²) in [4.78, 5) is 40.6. The van der Waals surface area contributed by atoms with Crippen molar-refractivity contribution in [3.05, 3.63) is 53.3 Å². The summed E-state index contributed by atoms with van der Waals surface area (Å²) in [5, 5.41) is 10.4. The highest BCUT2D eigenvalue weighted by Crippen LogP contribution is 2.28. The second kappa shape index (κ2) is 9.14. The third-order valence-electron chi connectivity index (χ3n) is 6.57. The number of carbonyl (C=O) groups is 3. The molecule has 1 aliphatic heterocycles. The highest BCUT2D eigenvalue weighted by molar-refractivity contribution is 6.01. The van der Waals surface area contributed by atoms with Crippen LogP contribution in [0.1, 0.15) is 66.1 Å². The van der Waals surface area contributed by atoms with Crippen LogP contribution in [0.4, 0.5) is 0 Å². The molecule has 170 valence electrons. The predicted octanol–water partition coefficient (Wildman–Crippen LogP) is 2.15. The van der Waals surface area contributed by atoms with E-state index in [1.165, 1.54) is 10.7 Å². The van der Waals surface area contributed by atoms with E-state index < -0.39 is 5.54 Å². The lowest BCUT2D eigenvalue weighted by Gasteiger charge is -2.43. The van der Waals surface area contributed by atoms with Crippen molar-refractivity contribution in [3.8, 4) is 0 Å². The van der Waals surface area contributed by atoms with Gasteiger partial charge < -0.3 is 15.5 Å². The molecule has 2 heterocycles. The minimum atomic E-state index is -1.05. The maximum Gasteiger partial charge on any atom is 0.273 e. The summed E-state index contributed by atoms with van der Waals surface area (Å²) in [7, 11) is 0. The summed E-state index contributed by atoms with van der Waals surface area (Å²) in [6.45, 7) is 4.74. The Kier molecular flexibility index (Phi) is 6.30. The van der Waals surface area contributed by atoms with Crippen LogP contribution in [0.3, 0.4) is 0 Å². The third-order valence-corrected chi connectivity index (χ3v) is 6.57. The molecule has 0 unspecified atom stereocenters. The molecule has 1 fully saturated rings. The Morgan fingerprint density at radius 2 is 1.91 bits per heavy atom. The molecule has 3 amide bonds. The second-order valence-electron chi connectivity index (χ2n) is 8.84. The molecular formula is C24H31N5O3. The van der Waals surface area contributed by atoms with E-state index in [2.05, 4.69) is 15.7 Å². The third kappa shape index (κ3) is 4.26. The Morgan fingerprint density at radius 1 is 1.19 bits per heavy atom. The summed E-state index contributed by atoms with van der Waals surface area (Å²) in [6, 6.07) is 11.6. The highest BCUT2D eigenvalue weighted by Gasteiger charge is 2.48. The number of benzene rings is 1. The van der Waals surface area contributed by atoms with Gasteiger partial charge in [-0.1, -0.05) is 43.2 Å². The number of hydrogen-bond donors (Lipinski definition) is 2. The normalized spacial score (nSPS) is 20.8. The van der Waals surface area contributed by atoms with Gasteiger partial charge in [0, 0.05) is 25.2 Å². The molecule has 32 heavy (non-hydrogen) atoms. The van der Waals surface area contributed by atoms with Crippen LogP contribution in [0, 0.1) is 0 Å². The number of amides is 3. The van der Waals surface area contributed by atoms with Crippen LogP contribution in [-0.2, 0) is 17.8 Å². The number of rotatable bonds is 7. The van der Waals surface area contributed by atoms with Crippen molar-refractivity contribution in [1.82, 2.24) is 25.3 Å². The molecule has 1 saturated carbocycles. The summed E-state index contributed by atoms with van der Waals surface area (Å²) in [6.07, 6.45) is 4.89. The van der Waals surface area contributed by atoms with Crippen LogP contribution in [0.5, 0.6) is 0 Å². The molecule has 4 rings (SSSR count). The molecule has 1 aromatic carbocycles. The van der Waals surface area contributed by atoms with Crippen molar-refractivity contribution in [3.63, 3.8) is 0 Å². The average Bonchev–Trinajstić information content (AvgIpc) is 3.44. The standard InChI is InChI=1S/C24H31N5O3/c1-3-28-22(31)20-15-19(21(30)25-14-13-17-9-5-4-6-10-17)27-29(20)16-24(28,2)23(32)26-18-11-7-8-12-18/h4-6,9-10,15,18H,3,7-8,11-14,16H2,1-2H3,(H,25,30)(H,26,32)/t24-/m1/s1. The van der Waals surface area contributed by atoms with Crippen molar-refractivity contribution in [2.75, 3.05) is 13.1 Å². The topological polar surface area (TPSA) is 96.3 Å². The van der Waals surface area contributed by atoms with Crippen LogP contribution >= 0.6 is 0 Å². The smallest absolute Gasteiger partial charge is 0.273 e. The Morgan fingerprint density at radius 3 is 2.59 bits per heavy atom. The summed E-state index contributed by atoms with van der Waals surface area (Å²) >= 11 is 0. The zero-order valence-electron chi connectivity index (χ0n) is 18.8. The van der Waals surface area contributed by atoms with Crippen molar-refractivity contribution in [2.24, 2.45) is 0 Å². The zero-order valence-corrected chi connectivity index (χ0v) is 18.8. The van der Waals surface area contributed by atoms with Gasteiger partial charge in [0.1, 0.15) is 11.2 Å². The number of likely N-dealkylation sites (N-methyl/N-ethyl adjacent to an activating group) is 1. The molecule has 0 spiro atoms. The summed E-state index contributed by atoms with van der Waals surface area (Å²) < 4.78 is 1.51. The van der Waals surface area contributed by atoms with Gasteiger partial charge in [0.15, 0.2) is 5.69 Å². The monoisotopic (exact) mass is 437 g/mol. The first-order chi connectivity index (χ1) is 15.4. The van der Waals surface area contributed by atoms with Crippen LogP contribution in [0.25, 0.3) is 0 Å². The first-order valence-corrected chi connectivity index (χ1v) is 11.5. The minimum Gasteiger partial charge on any atom is -0.351 e. The maximum atomic E-state index is 13.2. The first kappa shape index (κ1) is 22.0. The van der Waals surface area contributed by atoms with Gasteiger partial charge in [-0.25, -0.2) is 0 Å². The van der Waals surface area contributed by atoms with E-state index in [9.17, 15) is 14.4 Å². The van der Waals surface area contributed by atoms with E-state index in [1.54, 1.807) is 11.8 Å². The van der Waals surface area contributed by atoms with E-state index >= 15 is 0 Å². The van der Waals surface area contributed by atoms with Crippen LogP contribution < -0.4 is 10.6 Å². The fourth-order valence-electron chi connectivity index (χ4n) is 4.71. The van der Waals surface area contributed by atoms with Gasteiger partial charge in [0.05, 0.1) is 6.54 Å². The SMILES string of the molecule is CCN1C(=O)c2cc(C(=O)NCCc3ccccc3)nn2C[C@]1(C)C(=O)NC1CCCC1. The second-order valence-corrected chi connectivity index (χ2v) is 8.84. The van der Waals surface area contributed by atoms with Gasteiger partial charge >= 0.3 is 0 Å². The van der Waals surface area contributed by atoms with Crippen LogP contribution in [0.2, 0.25) is 0 Å². The van der Waals surface area contributed by atoms with Gasteiger partial charge in [-0.3, -0.25) is 19.1 Å². The molecule has 8 nitrogen and oxygen atoms in total. The van der Waals surface area contributed by atoms with Gasteiger partial charge in [-0.2, -0.15) is 5.10 Å². The van der Waals surface area contributed by atoms with E-state index in [1.807, 2.05) is 37.3 Å². The maximum absolute atomic E-state index is 13.2. The number of carbonyl (C=O) groups excluding carboxylic acids is 3. The molecule has 1 atom stereocenters. The Balaban J connectivity index is 1.47. The fourth-order valence-corrected chi connectivity index (χ4v) is 4.71. The Hall–Kier alpha value is -3.16. The molecule has 0 saturated heterocycles. The Bertz CT molecular complexity index is 996. The van der Waals surface area contributed by atoms with Gasteiger partial charge in [-0.05, 0) is 38.7 Å². The molecule has 2 aromatic rings. The molecular weight excluding hydrogens is 406 g/mol. The molecule has 0 radical (unpaired) electrons. The lowest BCUT2D eigenvalue weighted by molar-refractivity contribution is -0.133. The Labute approximate surface area is 188 Å². The quantitative estimate of drug-likeness (QED) is 0.694. The van der Waals surface area contributed by atoms with Crippen molar-refractivity contribution in [1.29, 1.82) is 0 Å². The number of aromatic nitrogens is 2. The zero-order chi connectivity index (χ0) is 22.7. The van der Waals surface area contributed by atoms with Gasteiger partial charge in [-0.15, -0.1) is 0 Å². The minimum absolute atomic E-state index is 0.158. The van der Waals surface area contributed by atoms with Crippen molar-refractivity contribution >= 4 is 17.7 Å². The number of fused-ring (bicyclic) bond motifs is 1. The fraction of sp³-hybridized carbons (Fsp3) is 0.500. The van der Waals surface area contributed by atoms with E-state index in [0.29, 0.717) is 25.2 Å². The van der Waals surface area contributed by atoms with E-state index in [-0.39, 0.29) is 36.0 Å². The number of nitrogens with one attached hydrogen (secondary N) is 2. The van der Waals surface area contributed by atoms with Gasteiger partial charge in [0.2, 0.25) is 5.91 Å². The number of hydrogen-bond acceptors (Lipinski definition) is 4. The summed E-state index contributed by atoms with van der Waals surface area (Å²) in [5.41, 5.74) is 0.618. The average molecular weight is 438 g/mol. The number of nitrogens with zero attached hydrogens (tertiary/aromatic N) is 3. The molecule has 1 aliphatic carbocycles. The van der Waals surface area contributed by atoms with E-state index in [0.717, 1.165) is 31.2 Å². The highest BCUT2D eigenvalue weighted by atomic mass is 16.2. The lowest BCUT2D eigenvalue weighted by Crippen LogP contribution is -2.64. The molecule has 1 aromatic heterocycles. The largest absolute Gasteiger partial charge is 0.351 e. The molecule has 2 aliphatic rings. The van der Waals surface area contributed by atoms with Crippen molar-refractivity contribution < 1.29 is 14.4 Å². The van der Waals surface area contributed by atoms with E-state index in [4.69, 9.17) is 0 Å².